The van der Waals surface area contributed by atoms with Gasteiger partial charge in [-0.1, -0.05) is 0 Å². The van der Waals surface area contributed by atoms with Crippen molar-refractivity contribution in [2.75, 3.05) is 46.8 Å². The lowest BCUT2D eigenvalue weighted by Gasteiger charge is -2.24. The maximum absolute atomic E-state index is 12.6. The van der Waals surface area contributed by atoms with Gasteiger partial charge >= 0.3 is 0 Å². The van der Waals surface area contributed by atoms with E-state index < -0.39 is 10.0 Å². The quantitative estimate of drug-likeness (QED) is 0.628. The van der Waals surface area contributed by atoms with Gasteiger partial charge in [-0.2, -0.15) is 0 Å². The molecule has 2 N–H and O–H groups in total. The number of sulfonamides is 1. The summed E-state index contributed by atoms with van der Waals surface area (Å²) in [5.41, 5.74) is 7.98. The Kier molecular flexibility index (Phi) is 7.25. The smallest absolute Gasteiger partial charge is 0.239 e. The third kappa shape index (κ3) is 5.17. The van der Waals surface area contributed by atoms with E-state index in [-0.39, 0.29) is 5.75 Å². The van der Waals surface area contributed by atoms with Crippen LogP contribution >= 0.6 is 34.5 Å². The van der Waals surface area contributed by atoms with E-state index in [0.29, 0.717) is 41.1 Å². The second-order valence-corrected chi connectivity index (χ2v) is 9.12. The van der Waals surface area contributed by atoms with E-state index in [1.54, 1.807) is 30.6 Å². The van der Waals surface area contributed by atoms with Crippen molar-refractivity contribution in [3.05, 3.63) is 41.3 Å². The van der Waals surface area contributed by atoms with E-state index in [9.17, 15) is 8.42 Å². The lowest BCUT2D eigenvalue weighted by Crippen LogP contribution is -2.29. The van der Waals surface area contributed by atoms with Crippen LogP contribution in [0.15, 0.2) is 35.7 Å². The average molecular weight is 422 g/mol. The van der Waals surface area contributed by atoms with Crippen LogP contribution in [0.25, 0.3) is 0 Å². The van der Waals surface area contributed by atoms with E-state index in [1.165, 1.54) is 15.6 Å². The highest BCUT2D eigenvalue weighted by molar-refractivity contribution is 7.92. The molecule has 0 bridgehead atoms. The second-order valence-electron chi connectivity index (χ2n) is 5.42. The second kappa shape index (κ2) is 8.98. The number of nitrogens with zero attached hydrogens (tertiary/aromatic N) is 2. The molecule has 138 valence electrons. The minimum absolute atomic E-state index is 0.120. The van der Waals surface area contributed by atoms with Gasteiger partial charge in [-0.25, -0.2) is 8.42 Å². The molecule has 0 fully saturated rings. The van der Waals surface area contributed by atoms with Crippen LogP contribution in [0, 0.1) is 0 Å². The normalized spacial score (nSPS) is 11.5. The van der Waals surface area contributed by atoms with Crippen molar-refractivity contribution in [3.63, 3.8) is 0 Å². The predicted molar refractivity (Wildman–Crippen MR) is 110 cm³/mol. The van der Waals surface area contributed by atoms with Crippen LogP contribution in [0.4, 0.5) is 16.4 Å². The minimum Gasteiger partial charge on any atom is -0.390 e. The highest BCUT2D eigenvalue weighted by atomic mass is 35.5. The molecule has 0 saturated heterocycles. The summed E-state index contributed by atoms with van der Waals surface area (Å²) < 4.78 is 26.5. The molecule has 0 aliphatic carbocycles. The zero-order chi connectivity index (χ0) is 18.4. The van der Waals surface area contributed by atoms with Gasteiger partial charge < -0.3 is 10.6 Å². The van der Waals surface area contributed by atoms with Crippen molar-refractivity contribution in [3.8, 4) is 0 Å². The van der Waals surface area contributed by atoms with Crippen LogP contribution in [0.3, 0.4) is 0 Å². The monoisotopic (exact) mass is 421 g/mol. The van der Waals surface area contributed by atoms with E-state index in [0.717, 1.165) is 5.69 Å². The van der Waals surface area contributed by atoms with Gasteiger partial charge in [0.25, 0.3) is 0 Å². The molecule has 1 heterocycles. The average Bonchev–Trinajstić information content (AvgIpc) is 2.98. The molecule has 0 amide bonds. The highest BCUT2D eigenvalue weighted by Crippen LogP contribution is 2.26. The molecule has 0 radical (unpaired) electrons. The van der Waals surface area contributed by atoms with Crippen molar-refractivity contribution in [2.45, 2.75) is 5.75 Å². The number of benzene rings is 1. The summed E-state index contributed by atoms with van der Waals surface area (Å²) in [6.07, 6.45) is 0. The number of thiophene rings is 1. The summed E-state index contributed by atoms with van der Waals surface area (Å²) in [4.78, 5) is 2.06. The predicted octanol–water partition coefficient (Wildman–Crippen LogP) is 3.58. The van der Waals surface area contributed by atoms with Gasteiger partial charge in [-0.15, -0.1) is 34.5 Å². The molecule has 25 heavy (non-hydrogen) atoms. The van der Waals surface area contributed by atoms with E-state index in [2.05, 4.69) is 4.90 Å². The van der Waals surface area contributed by atoms with E-state index >= 15 is 0 Å². The van der Waals surface area contributed by atoms with Crippen LogP contribution < -0.4 is 14.9 Å². The third-order valence-corrected chi connectivity index (χ3v) is 6.67. The third-order valence-electron chi connectivity index (χ3n) is 3.82. The molecule has 0 unspecified atom stereocenters. The molecular formula is C16H21Cl2N3O2S2. The van der Waals surface area contributed by atoms with Gasteiger partial charge in [0, 0.05) is 43.1 Å². The fraction of sp³-hybridized carbons (Fsp3) is 0.375. The first-order chi connectivity index (χ1) is 11.9. The summed E-state index contributed by atoms with van der Waals surface area (Å²) >= 11 is 13.0. The van der Waals surface area contributed by atoms with E-state index in [1.807, 2.05) is 12.1 Å². The molecule has 0 aliphatic rings. The number of alkyl halides is 2. The number of halogens is 2. The molecule has 2 rings (SSSR count). The maximum Gasteiger partial charge on any atom is 0.239 e. The van der Waals surface area contributed by atoms with Gasteiger partial charge in [0.05, 0.1) is 16.4 Å². The number of nitrogen functional groups attached to an aromatic ring is 1. The van der Waals surface area contributed by atoms with Gasteiger partial charge in [-0.05, 0) is 35.7 Å². The molecule has 1 aromatic carbocycles. The number of anilines is 3. The fourth-order valence-electron chi connectivity index (χ4n) is 2.37. The molecule has 0 saturated carbocycles. The summed E-state index contributed by atoms with van der Waals surface area (Å²) in [6.45, 7) is 1.36. The summed E-state index contributed by atoms with van der Waals surface area (Å²) in [5.74, 6) is 0.870. The van der Waals surface area contributed by atoms with Crippen LogP contribution in [0.5, 0.6) is 0 Å². The molecule has 5 nitrogen and oxygen atoms in total. The SMILES string of the molecule is CN(c1ccc(N(CCCl)CCCl)cc1)S(=O)(=O)Cc1ccsc1N. The van der Waals surface area contributed by atoms with Crippen LogP contribution in [-0.2, 0) is 15.8 Å². The van der Waals surface area contributed by atoms with Crippen molar-refractivity contribution in [1.29, 1.82) is 0 Å². The first kappa shape index (κ1) is 20.2. The van der Waals surface area contributed by atoms with Gasteiger partial charge in [0.15, 0.2) is 0 Å². The lowest BCUT2D eigenvalue weighted by atomic mass is 10.2. The van der Waals surface area contributed by atoms with Crippen LogP contribution in [-0.4, -0.2) is 40.3 Å². The van der Waals surface area contributed by atoms with Crippen molar-refractivity contribution < 1.29 is 8.42 Å². The number of nitrogens with two attached hydrogens (primary N) is 1. The zero-order valence-electron chi connectivity index (χ0n) is 13.9. The Morgan fingerprint density at radius 1 is 1.04 bits per heavy atom. The largest absolute Gasteiger partial charge is 0.390 e. The van der Waals surface area contributed by atoms with Gasteiger partial charge in [0.2, 0.25) is 10.0 Å². The Hall–Kier alpha value is -1.15. The Bertz CT molecular complexity index is 773. The Morgan fingerprint density at radius 3 is 2.08 bits per heavy atom. The van der Waals surface area contributed by atoms with E-state index in [4.69, 9.17) is 28.9 Å². The molecule has 9 heteroatoms. The van der Waals surface area contributed by atoms with Crippen molar-refractivity contribution in [1.82, 2.24) is 0 Å². The standard InChI is InChI=1S/C16H21Cl2N3O2S2/c1-20(25(22,23)12-13-6-11-24-16(13)19)14-2-4-15(5-3-14)21(9-7-17)10-8-18/h2-6,11H,7-10,12,19H2,1H3. The lowest BCUT2D eigenvalue weighted by molar-refractivity contribution is 0.593. The summed E-state index contributed by atoms with van der Waals surface area (Å²) in [5, 5.41) is 2.32. The molecular weight excluding hydrogens is 401 g/mol. The minimum atomic E-state index is -3.51. The van der Waals surface area contributed by atoms with Gasteiger partial charge in [-0.3, -0.25) is 4.31 Å². The molecule has 2 aromatic rings. The van der Waals surface area contributed by atoms with Gasteiger partial charge in [0.1, 0.15) is 0 Å². The summed E-state index contributed by atoms with van der Waals surface area (Å²) in [7, 11) is -1.96. The molecule has 0 spiro atoms. The summed E-state index contributed by atoms with van der Waals surface area (Å²) in [6, 6.07) is 9.04. The van der Waals surface area contributed by atoms with Crippen molar-refractivity contribution >= 4 is 60.9 Å². The number of hydrogen-bond donors (Lipinski definition) is 1. The fourth-order valence-corrected chi connectivity index (χ4v) is 4.82. The maximum atomic E-state index is 12.6. The number of hydrogen-bond acceptors (Lipinski definition) is 5. The molecule has 1 aromatic heterocycles. The molecule has 0 aliphatic heterocycles. The van der Waals surface area contributed by atoms with Crippen molar-refractivity contribution in [2.24, 2.45) is 0 Å². The Labute approximate surface area is 163 Å². The number of rotatable bonds is 9. The molecule has 0 atom stereocenters. The zero-order valence-corrected chi connectivity index (χ0v) is 17.0. The first-order valence-corrected chi connectivity index (χ1v) is 11.2. The first-order valence-electron chi connectivity index (χ1n) is 7.64. The Balaban J connectivity index is 2.16. The van der Waals surface area contributed by atoms with Crippen LogP contribution in [0.1, 0.15) is 5.56 Å². The topological polar surface area (TPSA) is 66.6 Å². The van der Waals surface area contributed by atoms with Crippen LogP contribution in [0.2, 0.25) is 0 Å². The highest BCUT2D eigenvalue weighted by Gasteiger charge is 2.21. The Morgan fingerprint density at radius 2 is 1.60 bits per heavy atom.